The molecule has 5 nitrogen and oxygen atoms in total. The number of rotatable bonds is 7. The van der Waals surface area contributed by atoms with Crippen LogP contribution in [-0.4, -0.2) is 22.1 Å². The molecule has 1 atom stereocenters. The number of phenols is 1. The zero-order valence-electron chi connectivity index (χ0n) is 20.9. The summed E-state index contributed by atoms with van der Waals surface area (Å²) < 4.78 is 80.9. The number of hydrogen-bond acceptors (Lipinski definition) is 3. The van der Waals surface area contributed by atoms with Gasteiger partial charge in [-0.15, -0.1) is 0 Å². The van der Waals surface area contributed by atoms with E-state index in [2.05, 4.69) is 5.32 Å². The van der Waals surface area contributed by atoms with E-state index in [0.29, 0.717) is 0 Å². The van der Waals surface area contributed by atoms with Crippen molar-refractivity contribution in [2.24, 2.45) is 0 Å². The van der Waals surface area contributed by atoms with E-state index >= 15 is 0 Å². The highest BCUT2D eigenvalue weighted by molar-refractivity contribution is 5.98. The average molecular weight is 573 g/mol. The molecular weight excluding hydrogens is 552 g/mol. The average Bonchev–Trinajstić information content (AvgIpc) is 2.92. The van der Waals surface area contributed by atoms with Gasteiger partial charge < -0.3 is 15.5 Å². The normalized spacial score (nSPS) is 12.5. The molecule has 0 radical (unpaired) electrons. The Kier molecular flexibility index (Phi) is 8.09. The number of carboxylic acids is 1. The molecule has 0 bridgehead atoms. The number of hydrogen-bond donors (Lipinski definition) is 3. The Bertz CT molecular complexity index is 1580. The van der Waals surface area contributed by atoms with E-state index in [1.807, 2.05) is 0 Å². The molecule has 4 aromatic rings. The first-order valence-electron chi connectivity index (χ1n) is 12.0. The third kappa shape index (κ3) is 6.68. The molecule has 0 spiro atoms. The van der Waals surface area contributed by atoms with Crippen LogP contribution in [-0.2, 0) is 17.1 Å². The SMILES string of the molecule is O=C(O)CC(NC(=O)c1cc(-c2ccccc2C(F)(F)F)ccc1O)c1ccc(-c2ccccc2C(F)(F)F)cc1. The van der Waals surface area contributed by atoms with Crippen LogP contribution >= 0.6 is 0 Å². The van der Waals surface area contributed by atoms with Gasteiger partial charge in [-0.3, -0.25) is 9.59 Å². The Morgan fingerprint density at radius 2 is 1.20 bits per heavy atom. The summed E-state index contributed by atoms with van der Waals surface area (Å²) in [6.07, 6.45) is -9.91. The minimum Gasteiger partial charge on any atom is -0.507 e. The van der Waals surface area contributed by atoms with Crippen LogP contribution in [0.25, 0.3) is 22.3 Å². The number of aromatic hydroxyl groups is 1. The van der Waals surface area contributed by atoms with Crippen LogP contribution in [0.3, 0.4) is 0 Å². The van der Waals surface area contributed by atoms with E-state index in [9.17, 15) is 46.1 Å². The van der Waals surface area contributed by atoms with Gasteiger partial charge in [-0.05, 0) is 52.1 Å². The van der Waals surface area contributed by atoms with Crippen LogP contribution in [0.4, 0.5) is 26.3 Å². The summed E-state index contributed by atoms with van der Waals surface area (Å²) in [7, 11) is 0. The van der Waals surface area contributed by atoms with Gasteiger partial charge in [0.2, 0.25) is 0 Å². The van der Waals surface area contributed by atoms with Crippen LogP contribution < -0.4 is 5.32 Å². The van der Waals surface area contributed by atoms with E-state index < -0.39 is 59.1 Å². The zero-order valence-corrected chi connectivity index (χ0v) is 20.9. The summed E-state index contributed by atoms with van der Waals surface area (Å²) in [4.78, 5) is 24.7. The molecular formula is C30H21F6NO4. The molecule has 0 aliphatic heterocycles. The van der Waals surface area contributed by atoms with Crippen LogP contribution in [0.5, 0.6) is 5.75 Å². The first kappa shape index (κ1) is 29.2. The highest BCUT2D eigenvalue weighted by Crippen LogP contribution is 2.39. The molecule has 212 valence electrons. The van der Waals surface area contributed by atoms with Gasteiger partial charge in [0.25, 0.3) is 5.91 Å². The number of carbonyl (C=O) groups excluding carboxylic acids is 1. The molecule has 0 heterocycles. The molecule has 1 unspecified atom stereocenters. The Morgan fingerprint density at radius 1 is 0.707 bits per heavy atom. The Balaban J connectivity index is 1.65. The van der Waals surface area contributed by atoms with Crippen molar-refractivity contribution in [3.63, 3.8) is 0 Å². The van der Waals surface area contributed by atoms with Gasteiger partial charge >= 0.3 is 18.3 Å². The molecule has 0 aromatic heterocycles. The van der Waals surface area contributed by atoms with E-state index in [0.717, 1.165) is 24.3 Å². The van der Waals surface area contributed by atoms with Gasteiger partial charge in [0.15, 0.2) is 0 Å². The van der Waals surface area contributed by atoms with E-state index in [4.69, 9.17) is 0 Å². The van der Waals surface area contributed by atoms with Gasteiger partial charge in [0.05, 0.1) is 29.2 Å². The van der Waals surface area contributed by atoms with Crippen LogP contribution in [0.1, 0.15) is 39.5 Å². The van der Waals surface area contributed by atoms with Gasteiger partial charge in [-0.25, -0.2) is 0 Å². The van der Waals surface area contributed by atoms with Gasteiger partial charge in [-0.1, -0.05) is 66.7 Å². The topological polar surface area (TPSA) is 86.6 Å². The lowest BCUT2D eigenvalue weighted by molar-refractivity contribution is -0.138. The molecule has 0 aliphatic carbocycles. The summed E-state index contributed by atoms with van der Waals surface area (Å²) in [5, 5.41) is 22.2. The molecule has 11 heteroatoms. The first-order valence-corrected chi connectivity index (χ1v) is 12.0. The van der Waals surface area contributed by atoms with Crippen molar-refractivity contribution in [1.82, 2.24) is 5.32 Å². The molecule has 0 saturated carbocycles. The molecule has 0 fully saturated rings. The van der Waals surface area contributed by atoms with E-state index in [-0.39, 0.29) is 27.8 Å². The summed E-state index contributed by atoms with van der Waals surface area (Å²) >= 11 is 0. The number of nitrogens with one attached hydrogen (secondary N) is 1. The monoisotopic (exact) mass is 573 g/mol. The van der Waals surface area contributed by atoms with Crippen LogP contribution in [0.15, 0.2) is 91.0 Å². The predicted molar refractivity (Wildman–Crippen MR) is 138 cm³/mol. The van der Waals surface area contributed by atoms with Crippen molar-refractivity contribution in [2.45, 2.75) is 24.8 Å². The third-order valence-corrected chi connectivity index (χ3v) is 6.33. The molecule has 41 heavy (non-hydrogen) atoms. The molecule has 0 saturated heterocycles. The number of phenolic OH excluding ortho intramolecular Hbond substituents is 1. The molecule has 3 N–H and O–H groups in total. The number of halogens is 6. The predicted octanol–water partition coefficient (Wildman–Crippen LogP) is 7.71. The smallest absolute Gasteiger partial charge is 0.417 e. The van der Waals surface area contributed by atoms with E-state index in [1.165, 1.54) is 66.7 Å². The standard InChI is InChI=1S/C30H21F6NO4/c31-29(32,33)23-7-3-1-5-20(23)17-9-11-18(12-10-17)25(16-27(39)40)37-28(41)22-15-19(13-14-26(22)38)21-6-2-4-8-24(21)30(34,35)36/h1-15,25,38H,16H2,(H,37,41)(H,39,40). The molecule has 0 aliphatic rings. The summed E-state index contributed by atoms with van der Waals surface area (Å²) in [5.74, 6) is -2.82. The van der Waals surface area contributed by atoms with Crippen molar-refractivity contribution in [3.8, 4) is 28.0 Å². The second-order valence-electron chi connectivity index (χ2n) is 9.06. The van der Waals surface area contributed by atoms with Crippen LogP contribution in [0, 0.1) is 0 Å². The fraction of sp³-hybridized carbons (Fsp3) is 0.133. The zero-order chi connectivity index (χ0) is 29.9. The minimum atomic E-state index is -4.68. The summed E-state index contributed by atoms with van der Waals surface area (Å²) in [5.41, 5.74) is -2.09. The lowest BCUT2D eigenvalue weighted by atomic mass is 9.95. The highest BCUT2D eigenvalue weighted by Gasteiger charge is 2.34. The summed E-state index contributed by atoms with van der Waals surface area (Å²) in [6, 6.07) is 17.2. The Labute approximate surface area is 229 Å². The molecule has 4 rings (SSSR count). The Morgan fingerprint density at radius 3 is 1.71 bits per heavy atom. The second kappa shape index (κ2) is 11.4. The maximum absolute atomic E-state index is 13.5. The lowest BCUT2D eigenvalue weighted by Gasteiger charge is -2.19. The van der Waals surface area contributed by atoms with Crippen molar-refractivity contribution in [3.05, 3.63) is 113 Å². The van der Waals surface area contributed by atoms with Crippen molar-refractivity contribution in [1.29, 1.82) is 0 Å². The first-order chi connectivity index (χ1) is 19.3. The number of amides is 1. The lowest BCUT2D eigenvalue weighted by Crippen LogP contribution is -2.30. The molecule has 1 amide bonds. The number of carboxylic acid groups (broad SMARTS) is 1. The van der Waals surface area contributed by atoms with Crippen molar-refractivity contribution >= 4 is 11.9 Å². The van der Waals surface area contributed by atoms with Crippen LogP contribution in [0.2, 0.25) is 0 Å². The number of alkyl halides is 6. The molecule has 4 aromatic carbocycles. The largest absolute Gasteiger partial charge is 0.507 e. The number of carbonyl (C=O) groups is 2. The number of benzene rings is 4. The second-order valence-corrected chi connectivity index (χ2v) is 9.06. The fourth-order valence-corrected chi connectivity index (χ4v) is 4.41. The minimum absolute atomic E-state index is 0.0108. The quantitative estimate of drug-likeness (QED) is 0.198. The Hall–Kier alpha value is -4.80. The van der Waals surface area contributed by atoms with Crippen molar-refractivity contribution in [2.75, 3.05) is 0 Å². The van der Waals surface area contributed by atoms with Gasteiger partial charge in [0, 0.05) is 0 Å². The van der Waals surface area contributed by atoms with Crippen molar-refractivity contribution < 1.29 is 46.1 Å². The van der Waals surface area contributed by atoms with Gasteiger partial charge in [0.1, 0.15) is 5.75 Å². The highest BCUT2D eigenvalue weighted by atomic mass is 19.4. The maximum atomic E-state index is 13.5. The fourth-order valence-electron chi connectivity index (χ4n) is 4.41. The third-order valence-electron chi connectivity index (χ3n) is 6.33. The summed E-state index contributed by atoms with van der Waals surface area (Å²) in [6.45, 7) is 0. The van der Waals surface area contributed by atoms with Gasteiger partial charge in [-0.2, -0.15) is 26.3 Å². The maximum Gasteiger partial charge on any atom is 0.417 e. The van der Waals surface area contributed by atoms with E-state index in [1.54, 1.807) is 0 Å². The number of aliphatic carboxylic acids is 1.